The Labute approximate surface area is 362 Å². The molecule has 0 aliphatic heterocycles. The average molecular weight is 780 g/mol. The van der Waals surface area contributed by atoms with Crippen LogP contribution in [0.3, 0.4) is 0 Å². The number of anilines is 3. The fourth-order valence-corrected chi connectivity index (χ4v) is 8.64. The van der Waals surface area contributed by atoms with E-state index in [0.717, 1.165) is 55.3 Å². The monoisotopic (exact) mass is 779 g/mol. The smallest absolute Gasteiger partial charge is 0.0645 e. The first-order valence-electron chi connectivity index (χ1n) is 22.7. The molecule has 0 saturated heterocycles. The van der Waals surface area contributed by atoms with Crippen LogP contribution in [0.2, 0.25) is 0 Å². The molecule has 0 bridgehead atoms. The molecule has 0 aromatic heterocycles. The van der Waals surface area contributed by atoms with Crippen LogP contribution in [0.5, 0.6) is 0 Å². The van der Waals surface area contributed by atoms with Crippen molar-refractivity contribution in [3.8, 4) is 55.6 Å². The lowest BCUT2D eigenvalue weighted by molar-refractivity contribution is 1.28. The van der Waals surface area contributed by atoms with Crippen LogP contribution in [0.25, 0.3) is 88.0 Å². The van der Waals surface area contributed by atoms with Gasteiger partial charge in [-0.2, -0.15) is 0 Å². The predicted octanol–water partition coefficient (Wildman–Crippen LogP) is 17.0. The molecule has 0 saturated carbocycles. The summed E-state index contributed by atoms with van der Waals surface area (Å²) in [4.78, 5) is 1.86. The third-order valence-corrected chi connectivity index (χ3v) is 11.7. The largest absolute Gasteiger partial charge is 0.311 e. The van der Waals surface area contributed by atoms with Gasteiger partial charge < -0.3 is 4.90 Å². The van der Waals surface area contributed by atoms with E-state index < -0.39 is 0 Å². The Morgan fingerprint density at radius 3 is 1.38 bits per heavy atom. The van der Waals surface area contributed by atoms with Crippen LogP contribution in [-0.2, 0) is 0 Å². The topological polar surface area (TPSA) is 3.24 Å². The summed E-state index contributed by atoms with van der Waals surface area (Å²) < 4.78 is 38.0. The van der Waals surface area contributed by atoms with Gasteiger partial charge in [-0.25, -0.2) is 0 Å². The minimum atomic E-state index is -0.121. The van der Waals surface area contributed by atoms with E-state index in [4.69, 9.17) is 0 Å². The van der Waals surface area contributed by atoms with E-state index in [-0.39, 0.29) is 35.4 Å². The van der Waals surface area contributed by atoms with Crippen molar-refractivity contribution in [3.05, 3.63) is 249 Å². The fraction of sp³-hybridized carbons (Fsp3) is 0. The predicted molar refractivity (Wildman–Crippen MR) is 261 cm³/mol. The van der Waals surface area contributed by atoms with Crippen molar-refractivity contribution in [2.24, 2.45) is 0 Å². The van der Waals surface area contributed by atoms with Crippen molar-refractivity contribution in [3.63, 3.8) is 0 Å². The van der Waals surface area contributed by atoms with Crippen LogP contribution in [0, 0.1) is 0 Å². The zero-order valence-electron chi connectivity index (χ0n) is 37.3. The summed E-state index contributed by atoms with van der Waals surface area (Å²) >= 11 is 0. The Kier molecular flexibility index (Phi) is 8.18. The maximum Gasteiger partial charge on any atom is 0.0645 e. The fourth-order valence-electron chi connectivity index (χ4n) is 8.64. The molecule has 11 aromatic rings. The first-order chi connectivity index (χ1) is 31.9. The molecule has 11 aromatic carbocycles. The molecule has 1 heteroatoms. The Balaban J connectivity index is 1.03. The number of hydrogen-bond acceptors (Lipinski definition) is 1. The molecule has 1 nitrogen and oxygen atoms in total. The van der Waals surface area contributed by atoms with E-state index >= 15 is 0 Å². The second-order valence-corrected chi connectivity index (χ2v) is 15.4. The van der Waals surface area contributed by atoms with Gasteiger partial charge in [-0.1, -0.05) is 206 Å². The van der Waals surface area contributed by atoms with Crippen LogP contribution in [0.15, 0.2) is 249 Å². The highest BCUT2D eigenvalue weighted by molar-refractivity contribution is 6.08. The molecule has 286 valence electrons. The quantitative estimate of drug-likeness (QED) is 0.139. The third kappa shape index (κ3) is 6.93. The van der Waals surface area contributed by atoms with E-state index in [1.54, 1.807) is 0 Å². The van der Waals surface area contributed by atoms with Gasteiger partial charge in [0.15, 0.2) is 0 Å². The molecular weight excluding hydrogens is 735 g/mol. The number of hydrogen-bond donors (Lipinski definition) is 0. The molecule has 0 fully saturated rings. The van der Waals surface area contributed by atoms with Gasteiger partial charge in [0.2, 0.25) is 0 Å². The Morgan fingerprint density at radius 2 is 0.705 bits per heavy atom. The van der Waals surface area contributed by atoms with Gasteiger partial charge in [0.25, 0.3) is 0 Å². The second kappa shape index (κ2) is 15.6. The van der Waals surface area contributed by atoms with E-state index in [0.29, 0.717) is 16.9 Å². The van der Waals surface area contributed by atoms with Gasteiger partial charge in [0, 0.05) is 17.1 Å². The lowest BCUT2D eigenvalue weighted by Gasteiger charge is -2.26. The molecule has 0 radical (unpaired) electrons. The van der Waals surface area contributed by atoms with Gasteiger partial charge in [-0.05, 0) is 130 Å². The molecule has 0 aliphatic rings. The van der Waals surface area contributed by atoms with Gasteiger partial charge >= 0.3 is 0 Å². The number of benzene rings is 11. The highest BCUT2D eigenvalue weighted by atomic mass is 15.1. The first-order valence-corrected chi connectivity index (χ1v) is 20.7. The SMILES string of the molecule is [2H]c1c([2H])c(N(c2ccc(-c3ccc4c(ccc5ccccc54)c3)cc2)c2ccc(-c3ccc4ccccc4c3-c3ccccc3)cc2)c([2H])c([2H])c1-c1ccc(-c2ccccc2)cc1. The van der Waals surface area contributed by atoms with Crippen molar-refractivity contribution in [2.75, 3.05) is 4.90 Å². The number of fused-ring (bicyclic) bond motifs is 4. The molecule has 0 unspecified atom stereocenters. The van der Waals surface area contributed by atoms with Gasteiger partial charge in [0.1, 0.15) is 0 Å². The molecule has 0 N–H and O–H groups in total. The molecular formula is C60H41N. The first kappa shape index (κ1) is 31.9. The standard InChI is InChI=1S/C60H41N/c1-3-11-42(12-4-1)43-19-21-44(22-20-43)45-25-33-53(34-26-45)61(54-35-27-46(28-36-54)51-32-39-57-52(41-51)24-23-47-13-7-9-17-56(47)57)55-37-29-49(30-38-55)59-40-31-48-14-8-10-18-58(48)60(59)50-15-5-2-6-16-50/h1-41H/i25D,26D,33D,34D. The normalized spacial score (nSPS) is 12.2. The number of rotatable bonds is 8. The molecule has 0 amide bonds. The maximum absolute atomic E-state index is 9.58. The minimum Gasteiger partial charge on any atom is -0.311 e. The zero-order valence-corrected chi connectivity index (χ0v) is 33.3. The number of nitrogens with zero attached hydrogens (tertiary/aromatic N) is 1. The highest BCUT2D eigenvalue weighted by Crippen LogP contribution is 2.42. The molecule has 61 heavy (non-hydrogen) atoms. The second-order valence-electron chi connectivity index (χ2n) is 15.4. The van der Waals surface area contributed by atoms with Crippen molar-refractivity contribution < 1.29 is 5.48 Å². The summed E-state index contributed by atoms with van der Waals surface area (Å²) in [6, 6.07) is 76.3. The lowest BCUT2D eigenvalue weighted by Crippen LogP contribution is -2.09. The van der Waals surface area contributed by atoms with E-state index in [1.165, 1.54) is 21.5 Å². The van der Waals surface area contributed by atoms with Crippen molar-refractivity contribution in [1.29, 1.82) is 0 Å². The van der Waals surface area contributed by atoms with Gasteiger partial charge in [-0.15, -0.1) is 0 Å². The molecule has 0 spiro atoms. The van der Waals surface area contributed by atoms with Crippen LogP contribution >= 0.6 is 0 Å². The Morgan fingerprint density at radius 1 is 0.262 bits per heavy atom. The summed E-state index contributed by atoms with van der Waals surface area (Å²) in [7, 11) is 0. The van der Waals surface area contributed by atoms with Gasteiger partial charge in [-0.3, -0.25) is 0 Å². The molecule has 0 aliphatic carbocycles. The summed E-state index contributed by atoms with van der Waals surface area (Å²) in [6.45, 7) is 0. The van der Waals surface area contributed by atoms with E-state index in [2.05, 4.69) is 140 Å². The summed E-state index contributed by atoms with van der Waals surface area (Å²) in [5, 5.41) is 7.13. The van der Waals surface area contributed by atoms with Crippen molar-refractivity contribution >= 4 is 49.4 Å². The zero-order chi connectivity index (χ0) is 44.0. The van der Waals surface area contributed by atoms with Crippen molar-refractivity contribution in [1.82, 2.24) is 0 Å². The van der Waals surface area contributed by atoms with Crippen LogP contribution in [0.1, 0.15) is 5.48 Å². The highest BCUT2D eigenvalue weighted by Gasteiger charge is 2.16. The van der Waals surface area contributed by atoms with Gasteiger partial charge in [0.05, 0.1) is 5.48 Å². The van der Waals surface area contributed by atoms with Crippen LogP contribution < -0.4 is 4.90 Å². The minimum absolute atomic E-state index is 0.0981. The summed E-state index contributed by atoms with van der Waals surface area (Å²) in [5.74, 6) is 0. The average Bonchev–Trinajstić information content (AvgIpc) is 3.37. The van der Waals surface area contributed by atoms with Crippen molar-refractivity contribution in [2.45, 2.75) is 0 Å². The van der Waals surface area contributed by atoms with E-state index in [1.807, 2.05) is 89.8 Å². The maximum atomic E-state index is 9.58. The molecule has 0 atom stereocenters. The van der Waals surface area contributed by atoms with Crippen LogP contribution in [-0.4, -0.2) is 0 Å². The molecule has 11 rings (SSSR count). The lowest BCUT2D eigenvalue weighted by atomic mass is 9.90. The summed E-state index contributed by atoms with van der Waals surface area (Å²) in [6.07, 6.45) is 0. The molecule has 0 heterocycles. The Bertz CT molecular complexity index is 3520. The summed E-state index contributed by atoms with van der Waals surface area (Å²) in [5.41, 5.74) is 11.1. The third-order valence-electron chi connectivity index (χ3n) is 11.7. The van der Waals surface area contributed by atoms with E-state index in [9.17, 15) is 5.48 Å². The van der Waals surface area contributed by atoms with Crippen LogP contribution in [0.4, 0.5) is 17.1 Å². The Hall–Kier alpha value is -8.00.